The molecule has 1 N–H and O–H groups in total. The van der Waals surface area contributed by atoms with Gasteiger partial charge in [-0.25, -0.2) is 18.4 Å². The van der Waals surface area contributed by atoms with Crippen molar-refractivity contribution in [1.82, 2.24) is 0 Å². The van der Waals surface area contributed by atoms with Gasteiger partial charge in [-0.05, 0) is 41.9 Å². The molecule has 0 saturated heterocycles. The van der Waals surface area contributed by atoms with Gasteiger partial charge in [0.1, 0.15) is 0 Å². The summed E-state index contributed by atoms with van der Waals surface area (Å²) in [7, 11) is 0. The highest BCUT2D eigenvalue weighted by atomic mass is 79.9. The Bertz CT molecular complexity index is 585. The van der Waals surface area contributed by atoms with Crippen LogP contribution in [0.4, 0.5) is 14.5 Å². The van der Waals surface area contributed by atoms with Gasteiger partial charge >= 0.3 is 11.9 Å². The van der Waals surface area contributed by atoms with E-state index in [1.807, 2.05) is 0 Å². The molecule has 1 aromatic carbocycles. The SMILES string of the molecule is CCOC(=O)C(=CNc1ccc(F)c(F)c1Br)C(=O)OCC. The summed E-state index contributed by atoms with van der Waals surface area (Å²) in [6, 6.07) is 2.15. The van der Waals surface area contributed by atoms with E-state index in [1.54, 1.807) is 13.8 Å². The number of halogens is 3. The lowest BCUT2D eigenvalue weighted by Gasteiger charge is -2.09. The molecule has 0 radical (unpaired) electrons. The number of nitrogens with one attached hydrogen (secondary N) is 1. The molecule has 0 spiro atoms. The molecule has 0 atom stereocenters. The van der Waals surface area contributed by atoms with Crippen LogP contribution < -0.4 is 5.32 Å². The van der Waals surface area contributed by atoms with Crippen LogP contribution in [0, 0.1) is 11.6 Å². The Morgan fingerprint density at radius 3 is 2.23 bits per heavy atom. The predicted molar refractivity (Wildman–Crippen MR) is 79.0 cm³/mol. The Morgan fingerprint density at radius 1 is 1.18 bits per heavy atom. The number of hydrogen-bond acceptors (Lipinski definition) is 5. The van der Waals surface area contributed by atoms with Gasteiger partial charge in [-0.2, -0.15) is 0 Å². The second-order valence-corrected chi connectivity index (χ2v) is 4.66. The minimum atomic E-state index is -1.09. The third-order valence-corrected chi connectivity index (χ3v) is 3.17. The zero-order valence-electron chi connectivity index (χ0n) is 11.9. The van der Waals surface area contributed by atoms with Crippen LogP contribution in [0.3, 0.4) is 0 Å². The van der Waals surface area contributed by atoms with Gasteiger partial charge in [0.05, 0.1) is 23.4 Å². The minimum absolute atomic E-state index is 0.0739. The second kappa shape index (κ2) is 8.47. The van der Waals surface area contributed by atoms with E-state index in [1.165, 1.54) is 6.07 Å². The van der Waals surface area contributed by atoms with Gasteiger partial charge in [-0.3, -0.25) is 0 Å². The first kappa shape index (κ1) is 18.1. The molecular formula is C14H14BrF2NO4. The second-order valence-electron chi connectivity index (χ2n) is 3.87. The smallest absolute Gasteiger partial charge is 0.347 e. The highest BCUT2D eigenvalue weighted by molar-refractivity contribution is 9.10. The summed E-state index contributed by atoms with van der Waals surface area (Å²) >= 11 is 2.88. The van der Waals surface area contributed by atoms with E-state index in [9.17, 15) is 18.4 Å². The Labute approximate surface area is 134 Å². The molecule has 120 valence electrons. The van der Waals surface area contributed by atoms with Gasteiger partial charge in [0.15, 0.2) is 17.2 Å². The maximum Gasteiger partial charge on any atom is 0.347 e. The quantitative estimate of drug-likeness (QED) is 0.271. The molecule has 8 heteroatoms. The summed E-state index contributed by atoms with van der Waals surface area (Å²) in [5.74, 6) is -3.89. The molecule has 0 unspecified atom stereocenters. The maximum absolute atomic E-state index is 13.4. The summed E-state index contributed by atoms with van der Waals surface area (Å²) < 4.78 is 35.7. The highest BCUT2D eigenvalue weighted by Gasteiger charge is 2.21. The van der Waals surface area contributed by atoms with Crippen molar-refractivity contribution in [3.63, 3.8) is 0 Å². The molecule has 0 aliphatic carbocycles. The molecule has 0 saturated carbocycles. The molecule has 0 amide bonds. The standard InChI is InChI=1S/C14H14BrF2NO4/c1-3-21-13(19)8(14(20)22-4-2)7-18-10-6-5-9(16)12(17)11(10)15/h5-7,18H,3-4H2,1-2H3. The molecular weight excluding hydrogens is 364 g/mol. The van der Waals surface area contributed by atoms with Crippen LogP contribution in [-0.2, 0) is 19.1 Å². The van der Waals surface area contributed by atoms with Crippen LogP contribution in [0.1, 0.15) is 13.8 Å². The fourth-order valence-corrected chi connectivity index (χ4v) is 1.84. The van der Waals surface area contributed by atoms with E-state index in [2.05, 4.69) is 21.2 Å². The summed E-state index contributed by atoms with van der Waals surface area (Å²) in [5, 5.41) is 2.54. The summed E-state index contributed by atoms with van der Waals surface area (Å²) in [6.07, 6.45) is 1.02. The largest absolute Gasteiger partial charge is 0.462 e. The van der Waals surface area contributed by atoms with Crippen LogP contribution in [0.15, 0.2) is 28.4 Å². The van der Waals surface area contributed by atoms with Gasteiger partial charge in [0.25, 0.3) is 0 Å². The Hall–Kier alpha value is -1.96. The first-order chi connectivity index (χ1) is 10.4. The van der Waals surface area contributed by atoms with E-state index in [4.69, 9.17) is 9.47 Å². The highest BCUT2D eigenvalue weighted by Crippen LogP contribution is 2.27. The van der Waals surface area contributed by atoms with Crippen molar-refractivity contribution in [2.24, 2.45) is 0 Å². The third-order valence-electron chi connectivity index (χ3n) is 2.40. The number of carbonyl (C=O) groups is 2. The van der Waals surface area contributed by atoms with E-state index in [0.29, 0.717) is 0 Å². The van der Waals surface area contributed by atoms with Gasteiger partial charge in [0.2, 0.25) is 0 Å². The van der Waals surface area contributed by atoms with Crippen molar-refractivity contribution in [3.8, 4) is 0 Å². The van der Waals surface area contributed by atoms with Crippen molar-refractivity contribution >= 4 is 33.6 Å². The molecule has 1 aromatic rings. The first-order valence-electron chi connectivity index (χ1n) is 6.36. The third kappa shape index (κ3) is 4.52. The van der Waals surface area contributed by atoms with Crippen molar-refractivity contribution in [3.05, 3.63) is 40.0 Å². The lowest BCUT2D eigenvalue weighted by molar-refractivity contribution is -0.146. The maximum atomic E-state index is 13.4. The lowest BCUT2D eigenvalue weighted by Crippen LogP contribution is -2.19. The van der Waals surface area contributed by atoms with E-state index in [-0.39, 0.29) is 28.9 Å². The van der Waals surface area contributed by atoms with E-state index >= 15 is 0 Å². The van der Waals surface area contributed by atoms with Crippen LogP contribution in [-0.4, -0.2) is 25.2 Å². The summed E-state index contributed by atoms with van der Waals surface area (Å²) in [4.78, 5) is 23.4. The van der Waals surface area contributed by atoms with Gasteiger partial charge in [0, 0.05) is 6.20 Å². The van der Waals surface area contributed by atoms with E-state index < -0.39 is 23.6 Å². The normalized spacial score (nSPS) is 9.86. The fraction of sp³-hybridized carbons (Fsp3) is 0.286. The monoisotopic (exact) mass is 377 g/mol. The molecule has 5 nitrogen and oxygen atoms in total. The average molecular weight is 378 g/mol. The Balaban J connectivity index is 3.05. The van der Waals surface area contributed by atoms with Gasteiger partial charge in [-0.1, -0.05) is 0 Å². The molecule has 0 bridgehead atoms. The lowest BCUT2D eigenvalue weighted by atomic mass is 10.2. The minimum Gasteiger partial charge on any atom is -0.462 e. The van der Waals surface area contributed by atoms with Crippen molar-refractivity contribution in [1.29, 1.82) is 0 Å². The number of benzene rings is 1. The van der Waals surface area contributed by atoms with Gasteiger partial charge in [-0.15, -0.1) is 0 Å². The topological polar surface area (TPSA) is 64.6 Å². The fourth-order valence-electron chi connectivity index (χ4n) is 1.41. The number of rotatable bonds is 6. The Kier molecular flexibility index (Phi) is 6.97. The van der Waals surface area contributed by atoms with Crippen LogP contribution in [0.25, 0.3) is 0 Å². The first-order valence-corrected chi connectivity index (χ1v) is 7.16. The van der Waals surface area contributed by atoms with Gasteiger partial charge < -0.3 is 14.8 Å². The molecule has 0 aliphatic heterocycles. The van der Waals surface area contributed by atoms with Crippen LogP contribution in [0.5, 0.6) is 0 Å². The van der Waals surface area contributed by atoms with Crippen LogP contribution in [0.2, 0.25) is 0 Å². The molecule has 0 fully saturated rings. The summed E-state index contributed by atoms with van der Waals surface area (Å²) in [6.45, 7) is 3.31. The Morgan fingerprint density at radius 2 is 1.73 bits per heavy atom. The van der Waals surface area contributed by atoms with Crippen LogP contribution >= 0.6 is 15.9 Å². The molecule has 0 aliphatic rings. The molecule has 22 heavy (non-hydrogen) atoms. The van der Waals surface area contributed by atoms with Crippen molar-refractivity contribution in [2.45, 2.75) is 13.8 Å². The molecule has 0 aromatic heterocycles. The number of ether oxygens (including phenoxy) is 2. The number of carbonyl (C=O) groups excluding carboxylic acids is 2. The van der Waals surface area contributed by atoms with Crippen molar-refractivity contribution < 1.29 is 27.8 Å². The van der Waals surface area contributed by atoms with E-state index in [0.717, 1.165) is 12.3 Å². The predicted octanol–water partition coefficient (Wildman–Crippen LogP) is 3.15. The zero-order valence-corrected chi connectivity index (χ0v) is 13.5. The molecule has 1 rings (SSSR count). The summed E-state index contributed by atoms with van der Waals surface area (Å²) in [5.41, 5.74) is -0.259. The number of esters is 2. The number of anilines is 1. The molecule has 0 heterocycles. The number of hydrogen-bond donors (Lipinski definition) is 1. The zero-order chi connectivity index (χ0) is 16.7. The van der Waals surface area contributed by atoms with Crippen molar-refractivity contribution in [2.75, 3.05) is 18.5 Å². The average Bonchev–Trinajstić information content (AvgIpc) is 2.48.